The maximum absolute atomic E-state index is 10.5. The smallest absolute Gasteiger partial charge is 0.191 e. The van der Waals surface area contributed by atoms with Gasteiger partial charge in [-0.25, -0.2) is 0 Å². The van der Waals surface area contributed by atoms with Crippen molar-refractivity contribution in [1.82, 2.24) is 10.6 Å². The zero-order valence-electron chi connectivity index (χ0n) is 17.3. The zero-order valence-corrected chi connectivity index (χ0v) is 17.3. The van der Waals surface area contributed by atoms with Crippen molar-refractivity contribution >= 4 is 5.96 Å². The molecule has 0 amide bonds. The van der Waals surface area contributed by atoms with E-state index in [-0.39, 0.29) is 5.41 Å². The molecule has 0 aliphatic heterocycles. The third-order valence-corrected chi connectivity index (χ3v) is 5.45. The van der Waals surface area contributed by atoms with Gasteiger partial charge in [-0.3, -0.25) is 4.99 Å². The van der Waals surface area contributed by atoms with E-state index in [0.29, 0.717) is 6.54 Å². The molecule has 5 nitrogen and oxygen atoms in total. The fraction of sp³-hybridized carbons (Fsp3) is 0.682. The van der Waals surface area contributed by atoms with Crippen LogP contribution in [-0.2, 0) is 4.74 Å². The van der Waals surface area contributed by atoms with Gasteiger partial charge in [0.05, 0.1) is 6.10 Å². The number of aliphatic hydroxyl groups is 1. The van der Waals surface area contributed by atoms with E-state index in [2.05, 4.69) is 17.6 Å². The average Bonchev–Trinajstić information content (AvgIpc) is 3.13. The van der Waals surface area contributed by atoms with Gasteiger partial charge in [0, 0.05) is 32.8 Å². The van der Waals surface area contributed by atoms with Gasteiger partial charge in [-0.15, -0.1) is 0 Å². The lowest BCUT2D eigenvalue weighted by atomic mass is 9.83. The summed E-state index contributed by atoms with van der Waals surface area (Å²) in [7, 11) is 0. The summed E-state index contributed by atoms with van der Waals surface area (Å²) < 4.78 is 5.60. The molecule has 0 radical (unpaired) electrons. The van der Waals surface area contributed by atoms with E-state index in [1.807, 2.05) is 38.1 Å². The van der Waals surface area contributed by atoms with Gasteiger partial charge in [-0.2, -0.15) is 0 Å². The maximum Gasteiger partial charge on any atom is 0.191 e. The summed E-state index contributed by atoms with van der Waals surface area (Å²) in [5, 5.41) is 17.1. The number of hydrogen-bond acceptors (Lipinski definition) is 3. The molecule has 0 spiro atoms. The number of nitrogens with one attached hydrogen (secondary N) is 2. The van der Waals surface area contributed by atoms with E-state index in [1.54, 1.807) is 0 Å². The van der Waals surface area contributed by atoms with Gasteiger partial charge in [-0.1, -0.05) is 42.7 Å². The summed E-state index contributed by atoms with van der Waals surface area (Å²) in [5.41, 5.74) is 2.36. The Morgan fingerprint density at radius 3 is 2.70 bits per heavy atom. The van der Waals surface area contributed by atoms with Gasteiger partial charge in [0.2, 0.25) is 0 Å². The molecule has 1 saturated carbocycles. The molecule has 1 aliphatic carbocycles. The number of hydrogen-bond donors (Lipinski definition) is 3. The molecule has 1 fully saturated rings. The third kappa shape index (κ3) is 7.15. The monoisotopic (exact) mass is 375 g/mol. The summed E-state index contributed by atoms with van der Waals surface area (Å²) in [4.78, 5) is 4.86. The van der Waals surface area contributed by atoms with Crippen LogP contribution >= 0.6 is 0 Å². The fourth-order valence-corrected chi connectivity index (χ4v) is 3.82. The summed E-state index contributed by atoms with van der Waals surface area (Å²) in [5.74, 6) is 0.784. The Balaban J connectivity index is 1.94. The second-order valence-corrected chi connectivity index (χ2v) is 7.66. The van der Waals surface area contributed by atoms with Crippen molar-refractivity contribution in [1.29, 1.82) is 0 Å². The van der Waals surface area contributed by atoms with E-state index >= 15 is 0 Å². The Hall–Kier alpha value is -1.59. The molecule has 5 heteroatoms. The fourth-order valence-electron chi connectivity index (χ4n) is 3.82. The van der Waals surface area contributed by atoms with Crippen LogP contribution in [-0.4, -0.2) is 43.9 Å². The molecule has 1 aromatic rings. The van der Waals surface area contributed by atoms with Crippen LogP contribution in [0, 0.1) is 12.3 Å². The molecular formula is C22H37N3O2. The first-order chi connectivity index (χ1) is 13.1. The molecule has 0 aromatic heterocycles. The topological polar surface area (TPSA) is 65.9 Å². The summed E-state index contributed by atoms with van der Waals surface area (Å²) in [6, 6.07) is 8.01. The molecule has 0 saturated heterocycles. The van der Waals surface area contributed by atoms with Gasteiger partial charge in [-0.05, 0) is 51.0 Å². The van der Waals surface area contributed by atoms with Gasteiger partial charge < -0.3 is 20.5 Å². The SMILES string of the molecule is CCNC(=NCC1(CCOCC)CCCC1)NCC(O)c1cccc(C)c1. The molecule has 1 unspecified atom stereocenters. The number of aryl methyl sites for hydroxylation is 1. The van der Waals surface area contributed by atoms with E-state index < -0.39 is 6.10 Å². The number of benzene rings is 1. The lowest BCUT2D eigenvalue weighted by Crippen LogP contribution is -2.40. The first-order valence-corrected chi connectivity index (χ1v) is 10.4. The zero-order chi connectivity index (χ0) is 19.5. The number of guanidine groups is 1. The van der Waals surface area contributed by atoms with E-state index in [9.17, 15) is 5.11 Å². The molecule has 1 aromatic carbocycles. The molecule has 3 N–H and O–H groups in total. The highest BCUT2D eigenvalue weighted by atomic mass is 16.5. The minimum absolute atomic E-state index is 0.271. The van der Waals surface area contributed by atoms with Crippen molar-refractivity contribution in [3.8, 4) is 0 Å². The molecule has 27 heavy (non-hydrogen) atoms. The highest BCUT2D eigenvalue weighted by molar-refractivity contribution is 5.79. The van der Waals surface area contributed by atoms with Crippen LogP contribution in [0.4, 0.5) is 0 Å². The largest absolute Gasteiger partial charge is 0.387 e. The van der Waals surface area contributed by atoms with E-state index in [4.69, 9.17) is 9.73 Å². The van der Waals surface area contributed by atoms with Crippen molar-refractivity contribution in [3.63, 3.8) is 0 Å². The van der Waals surface area contributed by atoms with Gasteiger partial charge in [0.15, 0.2) is 5.96 Å². The normalized spacial score (nSPS) is 17.7. The number of nitrogens with zero attached hydrogens (tertiary/aromatic N) is 1. The summed E-state index contributed by atoms with van der Waals surface area (Å²) in [6.07, 6.45) is 5.57. The molecular weight excluding hydrogens is 338 g/mol. The molecule has 1 atom stereocenters. The summed E-state index contributed by atoms with van der Waals surface area (Å²) >= 11 is 0. The minimum atomic E-state index is -0.549. The standard InChI is InChI=1S/C22H37N3O2/c1-4-23-21(24-16-20(26)19-10-8-9-18(3)15-19)25-17-22(11-6-7-12-22)13-14-27-5-2/h8-10,15,20,26H,4-7,11-14,16-17H2,1-3H3,(H2,23,24,25). The van der Waals surface area contributed by atoms with Crippen LogP contribution in [0.15, 0.2) is 29.3 Å². The van der Waals surface area contributed by atoms with Crippen molar-refractivity contribution in [3.05, 3.63) is 35.4 Å². The van der Waals surface area contributed by atoms with Crippen LogP contribution in [0.2, 0.25) is 0 Å². The third-order valence-electron chi connectivity index (χ3n) is 5.45. The summed E-state index contributed by atoms with van der Waals surface area (Å²) in [6.45, 7) is 9.82. The second-order valence-electron chi connectivity index (χ2n) is 7.66. The van der Waals surface area contributed by atoms with Crippen LogP contribution < -0.4 is 10.6 Å². The first kappa shape index (κ1) is 21.7. The Morgan fingerprint density at radius 2 is 2.04 bits per heavy atom. The molecule has 1 aliphatic rings. The lowest BCUT2D eigenvalue weighted by Gasteiger charge is -2.27. The Kier molecular flexibility index (Phi) is 9.08. The Labute approximate surface area is 164 Å². The lowest BCUT2D eigenvalue weighted by molar-refractivity contribution is 0.107. The number of aliphatic imine (C=N–C) groups is 1. The van der Waals surface area contributed by atoms with E-state index in [1.165, 1.54) is 25.7 Å². The molecule has 0 bridgehead atoms. The number of ether oxygens (including phenoxy) is 1. The van der Waals surface area contributed by atoms with Crippen molar-refractivity contribution in [2.24, 2.45) is 10.4 Å². The van der Waals surface area contributed by atoms with Crippen LogP contribution in [0.3, 0.4) is 0 Å². The molecule has 0 heterocycles. The Morgan fingerprint density at radius 1 is 1.26 bits per heavy atom. The van der Waals surface area contributed by atoms with Crippen molar-refractivity contribution in [2.45, 2.75) is 59.0 Å². The molecule has 152 valence electrons. The van der Waals surface area contributed by atoms with Crippen LogP contribution in [0.1, 0.15) is 63.2 Å². The number of rotatable bonds is 10. The van der Waals surface area contributed by atoms with Gasteiger partial charge in [0.25, 0.3) is 0 Å². The number of aliphatic hydroxyl groups excluding tert-OH is 1. The second kappa shape index (κ2) is 11.3. The van der Waals surface area contributed by atoms with Crippen molar-refractivity contribution in [2.75, 3.05) is 32.8 Å². The van der Waals surface area contributed by atoms with Gasteiger partial charge in [0.1, 0.15) is 0 Å². The van der Waals surface area contributed by atoms with Crippen molar-refractivity contribution < 1.29 is 9.84 Å². The first-order valence-electron chi connectivity index (χ1n) is 10.4. The van der Waals surface area contributed by atoms with E-state index in [0.717, 1.165) is 49.8 Å². The van der Waals surface area contributed by atoms with Crippen LogP contribution in [0.5, 0.6) is 0 Å². The van der Waals surface area contributed by atoms with Crippen LogP contribution in [0.25, 0.3) is 0 Å². The highest BCUT2D eigenvalue weighted by Gasteiger charge is 2.33. The maximum atomic E-state index is 10.5. The minimum Gasteiger partial charge on any atom is -0.387 e. The molecule has 2 rings (SSSR count). The predicted molar refractivity (Wildman–Crippen MR) is 112 cm³/mol. The van der Waals surface area contributed by atoms with Gasteiger partial charge >= 0.3 is 0 Å². The average molecular weight is 376 g/mol. The highest BCUT2D eigenvalue weighted by Crippen LogP contribution is 2.41. The Bertz CT molecular complexity index is 583. The quantitative estimate of drug-likeness (QED) is 0.332. The predicted octanol–water partition coefficient (Wildman–Crippen LogP) is 3.57.